The van der Waals surface area contributed by atoms with Gasteiger partial charge >= 0.3 is 12.1 Å². The highest BCUT2D eigenvalue weighted by molar-refractivity contribution is 7.90. The van der Waals surface area contributed by atoms with Crippen molar-refractivity contribution >= 4 is 38.3 Å². The number of rotatable bonds is 2. The van der Waals surface area contributed by atoms with Gasteiger partial charge in [0.15, 0.2) is 9.84 Å². The Morgan fingerprint density at radius 3 is 2.36 bits per heavy atom. The summed E-state index contributed by atoms with van der Waals surface area (Å²) in [5.74, 6) is -1.70. The lowest BCUT2D eigenvalue weighted by molar-refractivity contribution is -0.136. The maximum Gasteiger partial charge on any atom is 0.417 e. The Morgan fingerprint density at radius 2 is 1.91 bits per heavy atom. The minimum absolute atomic E-state index is 0.138. The highest BCUT2D eigenvalue weighted by Crippen LogP contribution is 2.39. The number of carbonyl (C=O) groups is 1. The van der Waals surface area contributed by atoms with Crippen LogP contribution in [0.5, 0.6) is 0 Å². The number of sulfone groups is 1. The van der Waals surface area contributed by atoms with Crippen LogP contribution in [0.15, 0.2) is 23.2 Å². The second kappa shape index (κ2) is 5.10. The summed E-state index contributed by atoms with van der Waals surface area (Å²) in [5, 5.41) is 8.45. The number of carboxylic acid groups (broad SMARTS) is 1. The van der Waals surface area contributed by atoms with Gasteiger partial charge in [0.1, 0.15) is 5.56 Å². The van der Waals surface area contributed by atoms with Crippen LogP contribution in [0.3, 0.4) is 0 Å². The number of fused-ring (bicyclic) bond motifs is 1. The van der Waals surface area contributed by atoms with Crippen molar-refractivity contribution in [1.29, 1.82) is 0 Å². The molecule has 0 atom stereocenters. The minimum Gasteiger partial charge on any atom is -0.478 e. The summed E-state index contributed by atoms with van der Waals surface area (Å²) in [6, 6.07) is 1.18. The Kier molecular flexibility index (Phi) is 3.82. The standard InChI is InChI=1S/C12H7ClF3NO4S/c1-22(20,21)8-3-7(12(14,15)16)6-2-5(13)4-17-10(6)9(8)11(18)19/h2-4H,1H3,(H,18,19). The molecule has 0 bridgehead atoms. The fourth-order valence-corrected chi connectivity index (χ4v) is 3.02. The number of hydrogen-bond acceptors (Lipinski definition) is 4. The van der Waals surface area contributed by atoms with Crippen LogP contribution in [-0.2, 0) is 16.0 Å². The Labute approximate surface area is 127 Å². The molecule has 0 saturated heterocycles. The van der Waals surface area contributed by atoms with Crippen molar-refractivity contribution in [3.63, 3.8) is 0 Å². The van der Waals surface area contributed by atoms with Crippen molar-refractivity contribution in [3.05, 3.63) is 34.5 Å². The lowest BCUT2D eigenvalue weighted by Gasteiger charge is -2.15. The molecule has 2 rings (SSSR count). The molecule has 0 aliphatic heterocycles. The van der Waals surface area contributed by atoms with Gasteiger partial charge in [-0.05, 0) is 12.1 Å². The molecule has 10 heteroatoms. The molecule has 1 aromatic carbocycles. The number of nitrogens with zero attached hydrogens (tertiary/aromatic N) is 1. The number of aromatic carboxylic acids is 1. The topological polar surface area (TPSA) is 84.3 Å². The van der Waals surface area contributed by atoms with Crippen LogP contribution in [0.4, 0.5) is 13.2 Å². The second-order valence-corrected chi connectivity index (χ2v) is 6.84. The van der Waals surface area contributed by atoms with E-state index in [0.717, 1.165) is 12.3 Å². The monoisotopic (exact) mass is 353 g/mol. The van der Waals surface area contributed by atoms with E-state index in [1.165, 1.54) is 0 Å². The molecule has 0 fully saturated rings. The summed E-state index contributed by atoms with van der Waals surface area (Å²) in [4.78, 5) is 13.9. The lowest BCUT2D eigenvalue weighted by Crippen LogP contribution is -2.14. The van der Waals surface area contributed by atoms with E-state index in [4.69, 9.17) is 11.6 Å². The smallest absolute Gasteiger partial charge is 0.417 e. The first kappa shape index (κ1) is 16.5. The van der Waals surface area contributed by atoms with Gasteiger partial charge in [0, 0.05) is 17.8 Å². The third-order valence-corrected chi connectivity index (χ3v) is 4.15. The van der Waals surface area contributed by atoms with E-state index in [9.17, 15) is 31.5 Å². The number of aromatic nitrogens is 1. The van der Waals surface area contributed by atoms with Gasteiger partial charge in [-0.15, -0.1) is 0 Å². The fraction of sp³-hybridized carbons (Fsp3) is 0.167. The highest BCUT2D eigenvalue weighted by atomic mass is 35.5. The van der Waals surface area contributed by atoms with Gasteiger partial charge in [-0.2, -0.15) is 13.2 Å². The van der Waals surface area contributed by atoms with Crippen molar-refractivity contribution in [2.75, 3.05) is 6.26 Å². The van der Waals surface area contributed by atoms with Gasteiger partial charge in [0.25, 0.3) is 0 Å². The predicted molar refractivity (Wildman–Crippen MR) is 71.8 cm³/mol. The van der Waals surface area contributed by atoms with Gasteiger partial charge in [-0.1, -0.05) is 11.6 Å². The number of carboxylic acids is 1. The molecule has 0 radical (unpaired) electrons. The first-order valence-electron chi connectivity index (χ1n) is 5.55. The van der Waals surface area contributed by atoms with E-state index in [0.29, 0.717) is 12.3 Å². The molecule has 118 valence electrons. The largest absolute Gasteiger partial charge is 0.478 e. The van der Waals surface area contributed by atoms with Gasteiger partial charge in [0.05, 0.1) is 21.0 Å². The van der Waals surface area contributed by atoms with E-state index in [1.54, 1.807) is 0 Å². The zero-order chi connectivity index (χ0) is 16.9. The highest BCUT2D eigenvalue weighted by Gasteiger charge is 2.36. The Hall–Kier alpha value is -1.87. The summed E-state index contributed by atoms with van der Waals surface area (Å²) in [5.41, 5.74) is -2.72. The number of pyridine rings is 1. The third kappa shape index (κ3) is 2.86. The first-order valence-corrected chi connectivity index (χ1v) is 7.82. The Morgan fingerprint density at radius 1 is 1.32 bits per heavy atom. The summed E-state index contributed by atoms with van der Waals surface area (Å²) >= 11 is 5.61. The summed E-state index contributed by atoms with van der Waals surface area (Å²) in [6.07, 6.45) is -3.33. The Bertz CT molecular complexity index is 893. The fourth-order valence-electron chi connectivity index (χ4n) is 1.98. The number of alkyl halides is 3. The van der Waals surface area contributed by atoms with Gasteiger partial charge in [0.2, 0.25) is 0 Å². The molecule has 0 amide bonds. The molecule has 2 aromatic rings. The van der Waals surface area contributed by atoms with Crippen LogP contribution in [0, 0.1) is 0 Å². The molecular weight excluding hydrogens is 347 g/mol. The second-order valence-electron chi connectivity index (χ2n) is 4.42. The zero-order valence-corrected chi connectivity index (χ0v) is 12.3. The van der Waals surface area contributed by atoms with E-state index in [2.05, 4.69) is 4.98 Å². The van der Waals surface area contributed by atoms with E-state index in [-0.39, 0.29) is 5.02 Å². The normalized spacial score (nSPS) is 12.6. The number of hydrogen-bond donors (Lipinski definition) is 1. The predicted octanol–water partition coefficient (Wildman–Crippen LogP) is 3.01. The molecule has 0 aliphatic rings. The van der Waals surface area contributed by atoms with Gasteiger partial charge < -0.3 is 5.11 Å². The quantitative estimate of drug-likeness (QED) is 0.897. The lowest BCUT2D eigenvalue weighted by atomic mass is 10.0. The molecule has 5 nitrogen and oxygen atoms in total. The molecule has 0 spiro atoms. The molecule has 22 heavy (non-hydrogen) atoms. The molecule has 1 heterocycles. The summed E-state index contributed by atoms with van der Waals surface area (Å²) in [7, 11) is -4.22. The zero-order valence-electron chi connectivity index (χ0n) is 10.8. The van der Waals surface area contributed by atoms with Crippen LogP contribution >= 0.6 is 11.6 Å². The first-order chi connectivity index (χ1) is 9.93. The van der Waals surface area contributed by atoms with Crippen LogP contribution < -0.4 is 0 Å². The van der Waals surface area contributed by atoms with Crippen molar-refractivity contribution in [2.24, 2.45) is 0 Å². The molecule has 0 saturated carbocycles. The minimum atomic E-state index is -4.90. The summed E-state index contributed by atoms with van der Waals surface area (Å²) in [6.45, 7) is 0. The van der Waals surface area contributed by atoms with Gasteiger partial charge in [-0.25, -0.2) is 13.2 Å². The summed E-state index contributed by atoms with van der Waals surface area (Å²) < 4.78 is 62.7. The van der Waals surface area contributed by atoms with Crippen molar-refractivity contribution < 1.29 is 31.5 Å². The number of halogens is 4. The average Bonchev–Trinajstić information content (AvgIpc) is 2.33. The van der Waals surface area contributed by atoms with Crippen LogP contribution in [0.2, 0.25) is 5.02 Å². The molecule has 1 aromatic heterocycles. The van der Waals surface area contributed by atoms with Crippen molar-refractivity contribution in [2.45, 2.75) is 11.1 Å². The molecule has 0 aliphatic carbocycles. The number of benzene rings is 1. The maximum absolute atomic E-state index is 13.1. The van der Waals surface area contributed by atoms with E-state index < -0.39 is 48.9 Å². The molecular formula is C12H7ClF3NO4S. The van der Waals surface area contributed by atoms with E-state index in [1.807, 2.05) is 0 Å². The third-order valence-electron chi connectivity index (χ3n) is 2.82. The van der Waals surface area contributed by atoms with Crippen LogP contribution in [0.25, 0.3) is 10.9 Å². The van der Waals surface area contributed by atoms with Crippen molar-refractivity contribution in [1.82, 2.24) is 4.98 Å². The molecule has 1 N–H and O–H groups in total. The van der Waals surface area contributed by atoms with Crippen LogP contribution in [0.1, 0.15) is 15.9 Å². The Balaban J connectivity index is 3.14. The maximum atomic E-state index is 13.1. The van der Waals surface area contributed by atoms with E-state index >= 15 is 0 Å². The SMILES string of the molecule is CS(=O)(=O)c1cc(C(F)(F)F)c2cc(Cl)cnc2c1C(=O)O. The molecule has 0 unspecified atom stereocenters. The van der Waals surface area contributed by atoms with Crippen molar-refractivity contribution in [3.8, 4) is 0 Å². The van der Waals surface area contributed by atoms with Crippen LogP contribution in [-0.4, -0.2) is 30.7 Å². The average molecular weight is 354 g/mol. The van der Waals surface area contributed by atoms with Gasteiger partial charge in [-0.3, -0.25) is 4.98 Å².